The van der Waals surface area contributed by atoms with Crippen molar-refractivity contribution in [3.05, 3.63) is 29.8 Å². The van der Waals surface area contributed by atoms with Crippen LogP contribution in [-0.4, -0.2) is 69.9 Å². The molecule has 1 saturated heterocycles. The third kappa shape index (κ3) is 9.02. The molecule has 1 fully saturated rings. The Morgan fingerprint density at radius 2 is 2.24 bits per heavy atom. The molecular weight excluding hydrogens is 483 g/mol. The van der Waals surface area contributed by atoms with Gasteiger partial charge in [-0.05, 0) is 31.5 Å². The number of terminal acetylenes is 1. The fraction of sp³-hybridized carbons (Fsp3) is 0.524. The van der Waals surface area contributed by atoms with Gasteiger partial charge in [-0.2, -0.15) is 0 Å². The molecule has 1 aliphatic rings. The lowest BCUT2D eigenvalue weighted by Gasteiger charge is -2.21. The molecule has 2 rings (SSSR count). The number of benzene rings is 1. The molecule has 1 aliphatic heterocycles. The number of nitrogens with zero attached hydrogens (tertiary/aromatic N) is 2. The highest BCUT2D eigenvalue weighted by Gasteiger charge is 2.25. The van der Waals surface area contributed by atoms with E-state index in [0.29, 0.717) is 31.4 Å². The van der Waals surface area contributed by atoms with Crippen LogP contribution >= 0.6 is 24.0 Å². The number of anilines is 1. The number of hydrogen-bond acceptors (Lipinski definition) is 4. The maximum Gasteiger partial charge on any atom is 0.246 e. The molecule has 1 heterocycles. The summed E-state index contributed by atoms with van der Waals surface area (Å²) in [4.78, 5) is 18.9. The maximum atomic E-state index is 12.3. The van der Waals surface area contributed by atoms with Crippen LogP contribution in [-0.2, 0) is 14.3 Å². The molecule has 1 aromatic carbocycles. The van der Waals surface area contributed by atoms with Crippen molar-refractivity contribution in [2.24, 2.45) is 10.9 Å². The Hall–Kier alpha value is -1.83. The van der Waals surface area contributed by atoms with Crippen molar-refractivity contribution in [3.8, 4) is 12.3 Å². The van der Waals surface area contributed by atoms with Gasteiger partial charge in [-0.3, -0.25) is 4.79 Å². The Labute approximate surface area is 190 Å². The summed E-state index contributed by atoms with van der Waals surface area (Å²) in [6, 6.07) is 7.21. The van der Waals surface area contributed by atoms with Gasteiger partial charge in [0.2, 0.25) is 5.91 Å². The first kappa shape index (κ1) is 25.2. The zero-order valence-corrected chi connectivity index (χ0v) is 19.5. The smallest absolute Gasteiger partial charge is 0.246 e. The van der Waals surface area contributed by atoms with Crippen LogP contribution in [0.1, 0.15) is 18.9 Å². The minimum Gasteiger partial charge on any atom is -0.382 e. The summed E-state index contributed by atoms with van der Waals surface area (Å²) >= 11 is 0. The molecule has 0 radical (unpaired) electrons. The second-order valence-electron chi connectivity index (χ2n) is 6.61. The Morgan fingerprint density at radius 3 is 2.97 bits per heavy atom. The van der Waals surface area contributed by atoms with E-state index in [9.17, 15) is 4.79 Å². The predicted octanol–water partition coefficient (Wildman–Crippen LogP) is 2.17. The van der Waals surface area contributed by atoms with Crippen LogP contribution in [0, 0.1) is 18.3 Å². The molecule has 1 atom stereocenters. The van der Waals surface area contributed by atoms with Crippen LogP contribution in [0.3, 0.4) is 0 Å². The van der Waals surface area contributed by atoms with Gasteiger partial charge in [0.05, 0.1) is 19.8 Å². The topological polar surface area (TPSA) is 75.2 Å². The SMILES string of the molecule is C#Cc1cccc(NC(=O)CN=C(NCC)N2CCC(COCCOC)C2)c1.I. The number of likely N-dealkylation sites (tertiary alicyclic amines) is 1. The first-order chi connectivity index (χ1) is 13.7. The van der Waals surface area contributed by atoms with E-state index in [2.05, 4.69) is 26.4 Å². The van der Waals surface area contributed by atoms with E-state index in [-0.39, 0.29) is 36.4 Å². The standard InChI is InChI=1S/C21H30N4O3.HI/c1-4-17-7-6-8-19(13-17)24-20(26)14-23-21(22-5-2)25-10-9-18(15-25)16-28-12-11-27-3;/h1,6-8,13,18H,5,9-12,14-16H2,2-3H3,(H,22,23)(H,24,26);1H. The number of carbonyl (C=O) groups is 1. The Balaban J connectivity index is 0.00000420. The Kier molecular flexibility index (Phi) is 12.3. The summed E-state index contributed by atoms with van der Waals surface area (Å²) in [5.74, 6) is 3.60. The number of hydrogen-bond donors (Lipinski definition) is 2. The zero-order valence-electron chi connectivity index (χ0n) is 17.1. The molecule has 160 valence electrons. The van der Waals surface area contributed by atoms with Gasteiger partial charge in [-0.1, -0.05) is 12.0 Å². The molecule has 0 bridgehead atoms. The average molecular weight is 514 g/mol. The fourth-order valence-corrected chi connectivity index (χ4v) is 3.01. The van der Waals surface area contributed by atoms with E-state index in [1.165, 1.54) is 0 Å². The molecule has 2 N–H and O–H groups in total. The lowest BCUT2D eigenvalue weighted by atomic mass is 10.1. The summed E-state index contributed by atoms with van der Waals surface area (Å²) < 4.78 is 10.6. The van der Waals surface area contributed by atoms with Gasteiger partial charge in [0.1, 0.15) is 6.54 Å². The van der Waals surface area contributed by atoms with Crippen LogP contribution in [0.2, 0.25) is 0 Å². The van der Waals surface area contributed by atoms with Gasteiger partial charge in [-0.25, -0.2) is 4.99 Å². The maximum absolute atomic E-state index is 12.3. The highest BCUT2D eigenvalue weighted by Crippen LogP contribution is 2.16. The van der Waals surface area contributed by atoms with Gasteiger partial charge in [0.15, 0.2) is 5.96 Å². The molecule has 7 nitrogen and oxygen atoms in total. The first-order valence-corrected chi connectivity index (χ1v) is 9.62. The second-order valence-corrected chi connectivity index (χ2v) is 6.61. The predicted molar refractivity (Wildman–Crippen MR) is 127 cm³/mol. The van der Waals surface area contributed by atoms with Crippen LogP contribution in [0.15, 0.2) is 29.3 Å². The summed E-state index contributed by atoms with van der Waals surface area (Å²) in [5, 5.41) is 6.10. The molecule has 1 unspecified atom stereocenters. The van der Waals surface area contributed by atoms with Crippen LogP contribution < -0.4 is 10.6 Å². The monoisotopic (exact) mass is 514 g/mol. The highest BCUT2D eigenvalue weighted by molar-refractivity contribution is 14.0. The Morgan fingerprint density at radius 1 is 1.41 bits per heavy atom. The molecule has 0 aliphatic carbocycles. The van der Waals surface area contributed by atoms with E-state index < -0.39 is 0 Å². The molecule has 1 aromatic rings. The molecule has 0 saturated carbocycles. The van der Waals surface area contributed by atoms with Crippen molar-refractivity contribution < 1.29 is 14.3 Å². The number of amides is 1. The van der Waals surface area contributed by atoms with Crippen LogP contribution in [0.25, 0.3) is 0 Å². The number of ether oxygens (including phenoxy) is 2. The lowest BCUT2D eigenvalue weighted by Crippen LogP contribution is -2.40. The van der Waals surface area contributed by atoms with E-state index in [4.69, 9.17) is 15.9 Å². The molecule has 0 aromatic heterocycles. The van der Waals surface area contributed by atoms with E-state index in [1.54, 1.807) is 13.2 Å². The average Bonchev–Trinajstić information content (AvgIpc) is 3.17. The van der Waals surface area contributed by atoms with Crippen molar-refractivity contribution in [1.82, 2.24) is 10.2 Å². The van der Waals surface area contributed by atoms with Crippen molar-refractivity contribution >= 4 is 41.5 Å². The summed E-state index contributed by atoms with van der Waals surface area (Å²) in [7, 11) is 1.67. The van der Waals surface area contributed by atoms with Crippen LogP contribution in [0.4, 0.5) is 5.69 Å². The third-order valence-corrected chi connectivity index (χ3v) is 4.39. The molecule has 29 heavy (non-hydrogen) atoms. The normalized spacial score (nSPS) is 16.1. The highest BCUT2D eigenvalue weighted by atomic mass is 127. The minimum atomic E-state index is -0.178. The molecule has 8 heteroatoms. The number of halogens is 1. The molecule has 0 spiro atoms. The van der Waals surface area contributed by atoms with Gasteiger partial charge in [-0.15, -0.1) is 30.4 Å². The fourth-order valence-electron chi connectivity index (χ4n) is 3.01. The minimum absolute atomic E-state index is 0. The number of aliphatic imine (C=N–C) groups is 1. The number of nitrogens with one attached hydrogen (secondary N) is 2. The van der Waals surface area contributed by atoms with Crippen molar-refractivity contribution in [1.29, 1.82) is 0 Å². The summed E-state index contributed by atoms with van der Waals surface area (Å²) in [6.07, 6.45) is 6.44. The van der Waals surface area contributed by atoms with Crippen LogP contribution in [0.5, 0.6) is 0 Å². The van der Waals surface area contributed by atoms with Gasteiger partial charge >= 0.3 is 0 Å². The van der Waals surface area contributed by atoms with Crippen molar-refractivity contribution in [2.45, 2.75) is 13.3 Å². The van der Waals surface area contributed by atoms with E-state index in [0.717, 1.165) is 37.6 Å². The van der Waals surface area contributed by atoms with E-state index >= 15 is 0 Å². The van der Waals surface area contributed by atoms with Crippen molar-refractivity contribution in [2.75, 3.05) is 58.4 Å². The van der Waals surface area contributed by atoms with Crippen molar-refractivity contribution in [3.63, 3.8) is 0 Å². The Bertz CT molecular complexity index is 705. The number of rotatable bonds is 9. The second kappa shape index (κ2) is 14.2. The van der Waals surface area contributed by atoms with Gasteiger partial charge < -0.3 is 25.0 Å². The zero-order chi connectivity index (χ0) is 20.2. The largest absolute Gasteiger partial charge is 0.382 e. The number of guanidine groups is 1. The molecular formula is C21H31IN4O3. The number of carbonyl (C=O) groups excluding carboxylic acids is 1. The molecule has 1 amide bonds. The quantitative estimate of drug-likeness (QED) is 0.174. The van der Waals surface area contributed by atoms with E-state index in [1.807, 2.05) is 25.1 Å². The lowest BCUT2D eigenvalue weighted by molar-refractivity contribution is -0.114. The van der Waals surface area contributed by atoms with Gasteiger partial charge in [0.25, 0.3) is 0 Å². The summed E-state index contributed by atoms with van der Waals surface area (Å²) in [5.41, 5.74) is 1.40. The third-order valence-electron chi connectivity index (χ3n) is 4.39. The van der Waals surface area contributed by atoms with Gasteiger partial charge in [0, 0.05) is 43.9 Å². The summed E-state index contributed by atoms with van der Waals surface area (Å²) in [6.45, 7) is 6.51. The first-order valence-electron chi connectivity index (χ1n) is 9.62. The number of methoxy groups -OCH3 is 1.